The molecule has 3 aromatic rings. The second-order valence-corrected chi connectivity index (χ2v) is 9.32. The Kier molecular flexibility index (Phi) is 13.9. The molecule has 1 aromatic carbocycles. The molecule has 0 bridgehead atoms. The Morgan fingerprint density at radius 2 is 1.70 bits per heavy atom. The minimum Gasteiger partial charge on any atom is -0.480 e. The monoisotopic (exact) mass is 615 g/mol. The Morgan fingerprint density at radius 3 is 2.41 bits per heavy atom. The largest absolute Gasteiger partial charge is 0.480 e. The number of amides is 2. The van der Waals surface area contributed by atoms with Gasteiger partial charge < -0.3 is 46.7 Å². The normalized spacial score (nSPS) is 11.7. The van der Waals surface area contributed by atoms with Crippen LogP contribution >= 0.6 is 0 Å². The summed E-state index contributed by atoms with van der Waals surface area (Å²) in [6.07, 6.45) is 1.89. The number of ether oxygens (including phenoxy) is 3. The lowest BCUT2D eigenvalue weighted by molar-refractivity contribution is -0.139. The van der Waals surface area contributed by atoms with Crippen molar-refractivity contribution in [1.29, 1.82) is 0 Å². The zero-order valence-electron chi connectivity index (χ0n) is 24.0. The van der Waals surface area contributed by atoms with E-state index in [1.807, 2.05) is 0 Å². The van der Waals surface area contributed by atoms with Crippen LogP contribution in [-0.2, 0) is 30.3 Å². The number of hydrogen-bond donors (Lipinski definition) is 7. The van der Waals surface area contributed by atoms with Crippen LogP contribution in [0.2, 0.25) is 0 Å². The van der Waals surface area contributed by atoms with E-state index in [4.69, 9.17) is 25.7 Å². The SMILES string of the molecule is NCOCCOCCOCCCNC(=O)CC[C@H](NC(=O)c1ccc(NCc2cnc3nc(N)[nH]c(=O)c3n2)cc1)C(=O)O. The van der Waals surface area contributed by atoms with E-state index in [2.05, 4.69) is 35.9 Å². The number of nitrogens with one attached hydrogen (secondary N) is 4. The Balaban J connectivity index is 1.36. The molecule has 44 heavy (non-hydrogen) atoms. The van der Waals surface area contributed by atoms with Gasteiger partial charge >= 0.3 is 5.97 Å². The first kappa shape index (κ1) is 33.8. The highest BCUT2D eigenvalue weighted by atomic mass is 16.5. The van der Waals surface area contributed by atoms with Gasteiger partial charge in [-0.25, -0.2) is 14.8 Å². The molecule has 0 radical (unpaired) electrons. The maximum Gasteiger partial charge on any atom is 0.326 e. The van der Waals surface area contributed by atoms with Crippen molar-refractivity contribution < 1.29 is 33.7 Å². The Labute approximate surface area is 252 Å². The van der Waals surface area contributed by atoms with Crippen LogP contribution in [0.15, 0.2) is 35.3 Å². The number of fused-ring (bicyclic) bond motifs is 1. The average Bonchev–Trinajstić information content (AvgIpc) is 3.01. The summed E-state index contributed by atoms with van der Waals surface area (Å²) < 4.78 is 15.6. The number of carboxylic acid groups (broad SMARTS) is 1. The predicted molar refractivity (Wildman–Crippen MR) is 159 cm³/mol. The van der Waals surface area contributed by atoms with Crippen molar-refractivity contribution in [2.24, 2.45) is 5.73 Å². The van der Waals surface area contributed by atoms with Crippen LogP contribution in [-0.4, -0.2) is 95.2 Å². The summed E-state index contributed by atoms with van der Waals surface area (Å²) in [5.74, 6) is -2.22. The number of H-pyrrole nitrogens is 1. The van der Waals surface area contributed by atoms with Gasteiger partial charge in [0.15, 0.2) is 11.2 Å². The molecule has 2 amide bonds. The lowest BCUT2D eigenvalue weighted by Crippen LogP contribution is -2.41. The van der Waals surface area contributed by atoms with Crippen molar-refractivity contribution in [3.63, 3.8) is 0 Å². The highest BCUT2D eigenvalue weighted by molar-refractivity contribution is 5.97. The standard InChI is InChI=1S/C27H37N9O8/c28-16-44-13-12-43-11-10-42-9-1-8-30-21(37)7-6-20(26(40)41)34-24(38)17-2-4-18(5-3-17)31-14-19-15-32-23-22(33-19)25(39)36-27(29)35-23/h2-5,15,20,31H,1,6-14,16,28H2,(H,30,37)(H,34,38)(H,40,41)(H3,29,32,35,36,39)/t20-/m0/s1. The minimum atomic E-state index is -1.25. The molecule has 17 nitrogen and oxygen atoms in total. The second-order valence-electron chi connectivity index (χ2n) is 9.32. The maximum absolute atomic E-state index is 12.7. The third-order valence-electron chi connectivity index (χ3n) is 6.02. The van der Waals surface area contributed by atoms with Crippen molar-refractivity contribution in [2.45, 2.75) is 31.8 Å². The first-order valence-corrected chi connectivity index (χ1v) is 13.9. The number of anilines is 2. The number of aliphatic carboxylic acids is 1. The number of aromatic amines is 1. The van der Waals surface area contributed by atoms with Crippen molar-refractivity contribution in [1.82, 2.24) is 30.6 Å². The average molecular weight is 616 g/mol. The van der Waals surface area contributed by atoms with Gasteiger partial charge in [-0.15, -0.1) is 0 Å². The number of carboxylic acids is 1. The molecule has 0 aliphatic carbocycles. The topological polar surface area (TPSA) is 259 Å². The Bertz CT molecular complexity index is 1440. The van der Waals surface area contributed by atoms with Gasteiger partial charge in [0.05, 0.1) is 51.6 Å². The molecule has 0 saturated carbocycles. The number of nitrogens with zero attached hydrogens (tertiary/aromatic N) is 3. The van der Waals surface area contributed by atoms with Gasteiger partial charge in [-0.2, -0.15) is 4.98 Å². The summed E-state index contributed by atoms with van der Waals surface area (Å²) in [6.45, 7) is 2.87. The molecule has 0 aliphatic heterocycles. The number of nitrogen functional groups attached to an aromatic ring is 1. The molecule has 0 saturated heterocycles. The van der Waals surface area contributed by atoms with Crippen LogP contribution in [0.3, 0.4) is 0 Å². The number of aromatic nitrogens is 4. The maximum atomic E-state index is 12.7. The van der Waals surface area contributed by atoms with Crippen LogP contribution in [0.5, 0.6) is 0 Å². The van der Waals surface area contributed by atoms with Gasteiger partial charge in [-0.1, -0.05) is 0 Å². The lowest BCUT2D eigenvalue weighted by Gasteiger charge is -2.15. The second kappa shape index (κ2) is 18.1. The van der Waals surface area contributed by atoms with Gasteiger partial charge in [0, 0.05) is 30.8 Å². The smallest absolute Gasteiger partial charge is 0.326 e. The fourth-order valence-electron chi connectivity index (χ4n) is 3.78. The van der Waals surface area contributed by atoms with E-state index in [1.54, 1.807) is 12.1 Å². The highest BCUT2D eigenvalue weighted by Gasteiger charge is 2.21. The van der Waals surface area contributed by atoms with Crippen molar-refractivity contribution >= 4 is 40.6 Å². The van der Waals surface area contributed by atoms with Crippen LogP contribution < -0.4 is 33.0 Å². The van der Waals surface area contributed by atoms with Crippen molar-refractivity contribution in [2.75, 3.05) is 57.4 Å². The quantitative estimate of drug-likeness (QED) is 0.0615. The number of nitrogens with two attached hydrogens (primary N) is 2. The third-order valence-corrected chi connectivity index (χ3v) is 6.02. The molecule has 1 atom stereocenters. The zero-order valence-corrected chi connectivity index (χ0v) is 24.0. The molecule has 0 unspecified atom stereocenters. The molecule has 0 aliphatic rings. The molecule has 17 heteroatoms. The minimum absolute atomic E-state index is 0.0512. The highest BCUT2D eigenvalue weighted by Crippen LogP contribution is 2.12. The van der Waals surface area contributed by atoms with Gasteiger partial charge in [-0.3, -0.25) is 19.4 Å². The van der Waals surface area contributed by atoms with Crippen molar-refractivity contribution in [3.8, 4) is 0 Å². The van der Waals surface area contributed by atoms with Gasteiger partial charge in [0.1, 0.15) is 6.04 Å². The Morgan fingerprint density at radius 1 is 1.00 bits per heavy atom. The summed E-state index contributed by atoms with van der Waals surface area (Å²) in [5.41, 5.74) is 11.8. The molecule has 2 heterocycles. The number of rotatable bonds is 20. The van der Waals surface area contributed by atoms with E-state index < -0.39 is 23.5 Å². The van der Waals surface area contributed by atoms with Crippen LogP contribution in [0.1, 0.15) is 35.3 Å². The van der Waals surface area contributed by atoms with E-state index in [0.717, 1.165) is 0 Å². The molecule has 2 aromatic heterocycles. The lowest BCUT2D eigenvalue weighted by atomic mass is 10.1. The number of carbonyl (C=O) groups is 3. The molecule has 9 N–H and O–H groups in total. The van der Waals surface area contributed by atoms with Crippen LogP contribution in [0.25, 0.3) is 11.2 Å². The summed E-state index contributed by atoms with van der Waals surface area (Å²) in [4.78, 5) is 63.2. The molecular weight excluding hydrogens is 578 g/mol. The molecule has 0 fully saturated rings. The molecule has 238 valence electrons. The zero-order chi connectivity index (χ0) is 31.7. The van der Waals surface area contributed by atoms with Crippen LogP contribution in [0.4, 0.5) is 11.6 Å². The van der Waals surface area contributed by atoms with E-state index in [-0.39, 0.29) is 54.7 Å². The summed E-state index contributed by atoms with van der Waals surface area (Å²) in [6, 6.07) is 5.08. The van der Waals surface area contributed by atoms with Gasteiger partial charge in [-0.05, 0) is 37.1 Å². The van der Waals surface area contributed by atoms with E-state index >= 15 is 0 Å². The summed E-state index contributed by atoms with van der Waals surface area (Å²) >= 11 is 0. The van der Waals surface area contributed by atoms with E-state index in [9.17, 15) is 24.3 Å². The van der Waals surface area contributed by atoms with Crippen LogP contribution in [0, 0.1) is 0 Å². The summed E-state index contributed by atoms with van der Waals surface area (Å²) in [5, 5.41) is 17.8. The summed E-state index contributed by atoms with van der Waals surface area (Å²) in [7, 11) is 0. The number of carbonyl (C=O) groups excluding carboxylic acids is 2. The van der Waals surface area contributed by atoms with E-state index in [0.29, 0.717) is 57.4 Å². The van der Waals surface area contributed by atoms with Gasteiger partial charge in [0.25, 0.3) is 11.5 Å². The van der Waals surface area contributed by atoms with E-state index in [1.165, 1.54) is 18.3 Å². The first-order valence-electron chi connectivity index (χ1n) is 13.9. The van der Waals surface area contributed by atoms with Crippen molar-refractivity contribution in [3.05, 3.63) is 52.1 Å². The molecular formula is C27H37N9O8. The third kappa shape index (κ3) is 11.5. The fourth-order valence-corrected chi connectivity index (χ4v) is 3.78. The number of hydrogen-bond acceptors (Lipinski definition) is 13. The van der Waals surface area contributed by atoms with Gasteiger partial charge in [0.2, 0.25) is 11.9 Å². The number of benzene rings is 1. The molecule has 3 rings (SSSR count). The Hall–Kier alpha value is -4.71. The molecule has 0 spiro atoms. The first-order chi connectivity index (χ1) is 21.3. The fraction of sp³-hybridized carbons (Fsp3) is 0.444. The predicted octanol–water partition coefficient (Wildman–Crippen LogP) is -0.657.